The zero-order chi connectivity index (χ0) is 13.7. The summed E-state index contributed by atoms with van der Waals surface area (Å²) in [7, 11) is 0. The summed E-state index contributed by atoms with van der Waals surface area (Å²) in [5.41, 5.74) is 5.25. The van der Waals surface area contributed by atoms with Gasteiger partial charge in [-0.25, -0.2) is 0 Å². The minimum atomic E-state index is 0.0170. The molecule has 4 heteroatoms. The summed E-state index contributed by atoms with van der Waals surface area (Å²) >= 11 is 0. The van der Waals surface area contributed by atoms with Gasteiger partial charge in [0.15, 0.2) is 0 Å². The molecule has 1 aromatic carbocycles. The highest BCUT2D eigenvalue weighted by atomic mass is 16.6. The van der Waals surface area contributed by atoms with E-state index in [9.17, 15) is 0 Å². The minimum Gasteiger partial charge on any atom is -0.297 e. The van der Waals surface area contributed by atoms with Crippen molar-refractivity contribution in [2.24, 2.45) is 0 Å². The van der Waals surface area contributed by atoms with Gasteiger partial charge in [-0.2, -0.15) is 10.6 Å². The van der Waals surface area contributed by atoms with E-state index in [1.54, 1.807) is 0 Å². The van der Waals surface area contributed by atoms with Gasteiger partial charge in [0.1, 0.15) is 0 Å². The first-order valence-electron chi connectivity index (χ1n) is 6.48. The normalized spacial score (nSPS) is 11.7. The summed E-state index contributed by atoms with van der Waals surface area (Å²) in [4.78, 5) is 5.43. The molecule has 1 N–H and O–H groups in total. The molecular weight excluding hydrogens is 238 g/mol. The van der Waals surface area contributed by atoms with Crippen LogP contribution in [-0.4, -0.2) is 9.78 Å². The average Bonchev–Trinajstić information content (AvgIpc) is 2.85. The smallest absolute Gasteiger partial charge is 0.0933 e. The maximum absolute atomic E-state index is 5.43. The number of hydroxylamine groups is 1. The molecule has 1 aromatic heterocycles. The van der Waals surface area contributed by atoms with E-state index in [0.29, 0.717) is 13.2 Å². The summed E-state index contributed by atoms with van der Waals surface area (Å²) < 4.78 is 1.96. The summed E-state index contributed by atoms with van der Waals surface area (Å²) in [5.74, 6) is 0. The van der Waals surface area contributed by atoms with E-state index in [0.717, 1.165) is 11.1 Å². The Labute approximate surface area is 114 Å². The Kier molecular flexibility index (Phi) is 4.35. The van der Waals surface area contributed by atoms with Crippen molar-refractivity contribution in [2.45, 2.75) is 39.5 Å². The van der Waals surface area contributed by atoms with Crippen LogP contribution in [-0.2, 0) is 23.5 Å². The Morgan fingerprint density at radius 3 is 2.53 bits per heavy atom. The molecule has 102 valence electrons. The third-order valence-electron chi connectivity index (χ3n) is 2.78. The van der Waals surface area contributed by atoms with E-state index >= 15 is 0 Å². The van der Waals surface area contributed by atoms with E-state index in [1.165, 1.54) is 0 Å². The van der Waals surface area contributed by atoms with E-state index < -0.39 is 0 Å². The second kappa shape index (κ2) is 5.99. The van der Waals surface area contributed by atoms with Crippen LogP contribution >= 0.6 is 0 Å². The molecule has 4 nitrogen and oxygen atoms in total. The molecule has 0 unspecified atom stereocenters. The molecule has 0 atom stereocenters. The molecule has 0 saturated heterocycles. The van der Waals surface area contributed by atoms with Crippen LogP contribution in [0.5, 0.6) is 0 Å². The molecule has 0 amide bonds. The molecule has 2 aromatic rings. The topological polar surface area (TPSA) is 39.1 Å². The zero-order valence-corrected chi connectivity index (χ0v) is 11.8. The van der Waals surface area contributed by atoms with Gasteiger partial charge in [0.2, 0.25) is 0 Å². The summed E-state index contributed by atoms with van der Waals surface area (Å²) in [5, 5.41) is 4.35. The largest absolute Gasteiger partial charge is 0.297 e. The van der Waals surface area contributed by atoms with Gasteiger partial charge in [-0.3, -0.25) is 9.52 Å². The molecule has 19 heavy (non-hydrogen) atoms. The maximum atomic E-state index is 5.43. The van der Waals surface area contributed by atoms with Crippen molar-refractivity contribution >= 4 is 0 Å². The summed E-state index contributed by atoms with van der Waals surface area (Å²) in [6.45, 7) is 7.60. The Balaban J connectivity index is 1.76. The van der Waals surface area contributed by atoms with Crippen molar-refractivity contribution < 1.29 is 4.84 Å². The second-order valence-corrected chi connectivity index (χ2v) is 5.56. The van der Waals surface area contributed by atoms with Crippen LogP contribution in [0.3, 0.4) is 0 Å². The van der Waals surface area contributed by atoms with Crippen LogP contribution in [0.15, 0.2) is 42.7 Å². The SMILES string of the molecule is CC(C)(C)n1cc(CNOCc2ccccc2)cn1. The van der Waals surface area contributed by atoms with Crippen LogP contribution in [0.25, 0.3) is 0 Å². The zero-order valence-electron chi connectivity index (χ0n) is 11.8. The Hall–Kier alpha value is -1.65. The highest BCUT2D eigenvalue weighted by Gasteiger charge is 2.13. The fourth-order valence-corrected chi connectivity index (χ4v) is 1.66. The first kappa shape index (κ1) is 13.8. The quantitative estimate of drug-likeness (QED) is 0.663. The lowest BCUT2D eigenvalue weighted by atomic mass is 10.1. The first-order valence-corrected chi connectivity index (χ1v) is 6.48. The number of hydrogen-bond acceptors (Lipinski definition) is 3. The number of nitrogens with zero attached hydrogens (tertiary/aromatic N) is 2. The number of aromatic nitrogens is 2. The van der Waals surface area contributed by atoms with Gasteiger partial charge in [0.25, 0.3) is 0 Å². The predicted octanol–water partition coefficient (Wildman–Crippen LogP) is 2.86. The lowest BCUT2D eigenvalue weighted by Gasteiger charge is -2.18. The van der Waals surface area contributed by atoms with E-state index in [2.05, 4.69) is 31.3 Å². The van der Waals surface area contributed by atoms with Crippen molar-refractivity contribution in [1.29, 1.82) is 0 Å². The Morgan fingerprint density at radius 1 is 1.16 bits per heavy atom. The lowest BCUT2D eigenvalue weighted by molar-refractivity contribution is 0.0235. The molecule has 2 rings (SSSR count). The first-order chi connectivity index (χ1) is 9.05. The van der Waals surface area contributed by atoms with Crippen molar-refractivity contribution in [1.82, 2.24) is 15.3 Å². The van der Waals surface area contributed by atoms with Crippen LogP contribution in [0, 0.1) is 0 Å². The number of benzene rings is 1. The molecule has 0 bridgehead atoms. The Bertz CT molecular complexity index is 500. The molecule has 0 spiro atoms. The third-order valence-corrected chi connectivity index (χ3v) is 2.78. The summed E-state index contributed by atoms with van der Waals surface area (Å²) in [6, 6.07) is 10.1. The van der Waals surface area contributed by atoms with Crippen molar-refractivity contribution in [2.75, 3.05) is 0 Å². The highest BCUT2D eigenvalue weighted by molar-refractivity contribution is 5.13. The van der Waals surface area contributed by atoms with Gasteiger partial charge in [-0.15, -0.1) is 0 Å². The van der Waals surface area contributed by atoms with Gasteiger partial charge in [-0.05, 0) is 26.3 Å². The fourth-order valence-electron chi connectivity index (χ4n) is 1.66. The third kappa shape index (κ3) is 4.19. The van der Waals surface area contributed by atoms with Crippen LogP contribution in [0.4, 0.5) is 0 Å². The average molecular weight is 259 g/mol. The lowest BCUT2D eigenvalue weighted by Crippen LogP contribution is -2.22. The monoisotopic (exact) mass is 259 g/mol. The second-order valence-electron chi connectivity index (χ2n) is 5.56. The van der Waals surface area contributed by atoms with Gasteiger partial charge in [-0.1, -0.05) is 30.3 Å². The molecule has 1 heterocycles. The van der Waals surface area contributed by atoms with Crippen LogP contribution < -0.4 is 5.48 Å². The van der Waals surface area contributed by atoms with Crippen molar-refractivity contribution in [3.05, 3.63) is 53.9 Å². The Morgan fingerprint density at radius 2 is 1.89 bits per heavy atom. The standard InChI is InChI=1S/C15H21N3O/c1-15(2,3)18-11-14(9-16-18)10-17-19-12-13-7-5-4-6-8-13/h4-9,11,17H,10,12H2,1-3H3. The predicted molar refractivity (Wildman–Crippen MR) is 75.3 cm³/mol. The van der Waals surface area contributed by atoms with Gasteiger partial charge >= 0.3 is 0 Å². The maximum Gasteiger partial charge on any atom is 0.0933 e. The minimum absolute atomic E-state index is 0.0170. The molecule has 0 radical (unpaired) electrons. The fraction of sp³-hybridized carbons (Fsp3) is 0.400. The van der Waals surface area contributed by atoms with E-state index in [1.807, 2.05) is 47.4 Å². The molecule has 0 saturated carbocycles. The molecular formula is C15H21N3O. The molecule has 0 aliphatic carbocycles. The number of hydrogen-bond donors (Lipinski definition) is 1. The van der Waals surface area contributed by atoms with Crippen LogP contribution in [0.2, 0.25) is 0 Å². The van der Waals surface area contributed by atoms with Crippen molar-refractivity contribution in [3.8, 4) is 0 Å². The number of nitrogens with one attached hydrogen (secondary N) is 1. The number of rotatable bonds is 5. The van der Waals surface area contributed by atoms with Crippen molar-refractivity contribution in [3.63, 3.8) is 0 Å². The highest BCUT2D eigenvalue weighted by Crippen LogP contribution is 2.13. The van der Waals surface area contributed by atoms with Gasteiger partial charge < -0.3 is 0 Å². The van der Waals surface area contributed by atoms with E-state index in [-0.39, 0.29) is 5.54 Å². The molecule has 0 fully saturated rings. The molecule has 0 aliphatic rings. The van der Waals surface area contributed by atoms with E-state index in [4.69, 9.17) is 4.84 Å². The summed E-state index contributed by atoms with van der Waals surface area (Å²) in [6.07, 6.45) is 3.91. The van der Waals surface area contributed by atoms with Gasteiger partial charge in [0.05, 0.1) is 18.3 Å². The molecule has 0 aliphatic heterocycles. The van der Waals surface area contributed by atoms with Gasteiger partial charge in [0, 0.05) is 18.3 Å². The van der Waals surface area contributed by atoms with Crippen LogP contribution in [0.1, 0.15) is 31.9 Å².